The van der Waals surface area contributed by atoms with Crippen LogP contribution >= 0.6 is 0 Å². The molecule has 146 valence electrons. The van der Waals surface area contributed by atoms with Gasteiger partial charge in [0.2, 0.25) is 0 Å². The van der Waals surface area contributed by atoms with Gasteiger partial charge in [0, 0.05) is 11.8 Å². The maximum absolute atomic E-state index is 12.2. The third-order valence-corrected chi connectivity index (χ3v) is 3.65. The molecule has 9 heteroatoms. The van der Waals surface area contributed by atoms with E-state index in [1.165, 1.54) is 11.0 Å². The average molecular weight is 383 g/mol. The maximum Gasteiger partial charge on any atom is 0.262 e. The largest absolute Gasteiger partial charge is 0.490 e. The molecule has 3 rings (SSSR count). The van der Waals surface area contributed by atoms with Crippen molar-refractivity contribution in [3.05, 3.63) is 48.8 Å². The van der Waals surface area contributed by atoms with Gasteiger partial charge >= 0.3 is 0 Å². The van der Waals surface area contributed by atoms with Crippen LogP contribution in [0.15, 0.2) is 48.8 Å². The molecular formula is C19H21N5O4. The van der Waals surface area contributed by atoms with Crippen LogP contribution in [-0.4, -0.2) is 45.9 Å². The van der Waals surface area contributed by atoms with E-state index in [0.717, 1.165) is 5.69 Å². The van der Waals surface area contributed by atoms with E-state index in [0.29, 0.717) is 36.1 Å². The summed E-state index contributed by atoms with van der Waals surface area (Å²) in [5, 5.41) is 13.8. The van der Waals surface area contributed by atoms with E-state index < -0.39 is 0 Å². The van der Waals surface area contributed by atoms with Gasteiger partial charge in [-0.2, -0.15) is 0 Å². The Balaban J connectivity index is 1.56. The van der Waals surface area contributed by atoms with Gasteiger partial charge in [-0.05, 0) is 60.7 Å². The third kappa shape index (κ3) is 4.97. The fourth-order valence-electron chi connectivity index (χ4n) is 2.45. The summed E-state index contributed by atoms with van der Waals surface area (Å²) < 4.78 is 18.1. The van der Waals surface area contributed by atoms with E-state index in [1.54, 1.807) is 42.5 Å². The van der Waals surface area contributed by atoms with Crippen LogP contribution in [-0.2, 0) is 4.79 Å². The Hall–Kier alpha value is -3.62. The number of carbonyl (C=O) groups excluding carboxylic acids is 1. The van der Waals surface area contributed by atoms with Gasteiger partial charge in [-0.15, -0.1) is 5.10 Å². The molecule has 2 aromatic carbocycles. The Labute approximate surface area is 162 Å². The third-order valence-electron chi connectivity index (χ3n) is 3.65. The number of rotatable bonds is 9. The summed E-state index contributed by atoms with van der Waals surface area (Å²) in [6, 6.07) is 12.3. The molecule has 28 heavy (non-hydrogen) atoms. The van der Waals surface area contributed by atoms with Gasteiger partial charge in [0.1, 0.15) is 12.1 Å². The molecule has 0 radical (unpaired) electrons. The van der Waals surface area contributed by atoms with E-state index in [2.05, 4.69) is 20.8 Å². The number of hydrogen-bond acceptors (Lipinski definition) is 7. The molecule has 1 amide bonds. The molecule has 1 aromatic heterocycles. The number of amides is 1. The van der Waals surface area contributed by atoms with Crippen LogP contribution in [0, 0.1) is 0 Å². The molecule has 0 aliphatic rings. The molecule has 0 unspecified atom stereocenters. The topological polar surface area (TPSA) is 100 Å². The molecular weight excluding hydrogens is 362 g/mol. The van der Waals surface area contributed by atoms with Gasteiger partial charge < -0.3 is 19.5 Å². The highest BCUT2D eigenvalue weighted by molar-refractivity contribution is 5.92. The number of nitrogens with one attached hydrogen (secondary N) is 1. The quantitative estimate of drug-likeness (QED) is 0.606. The normalized spacial score (nSPS) is 10.4. The molecule has 0 fully saturated rings. The fourth-order valence-corrected chi connectivity index (χ4v) is 2.45. The van der Waals surface area contributed by atoms with Crippen LogP contribution in [0.25, 0.3) is 5.69 Å². The minimum Gasteiger partial charge on any atom is -0.490 e. The molecule has 1 heterocycles. The van der Waals surface area contributed by atoms with Gasteiger partial charge in [-0.25, -0.2) is 4.68 Å². The molecule has 1 N–H and O–H groups in total. The summed E-state index contributed by atoms with van der Waals surface area (Å²) in [6.45, 7) is 4.70. The van der Waals surface area contributed by atoms with E-state index in [9.17, 15) is 4.79 Å². The number of nitrogens with zero attached hydrogens (tertiary/aromatic N) is 4. The van der Waals surface area contributed by atoms with Crippen LogP contribution in [0.2, 0.25) is 0 Å². The summed E-state index contributed by atoms with van der Waals surface area (Å²) >= 11 is 0. The molecule has 0 saturated heterocycles. The Morgan fingerprint density at radius 2 is 1.75 bits per heavy atom. The van der Waals surface area contributed by atoms with Crippen molar-refractivity contribution in [3.8, 4) is 22.9 Å². The van der Waals surface area contributed by atoms with Crippen LogP contribution in [0.3, 0.4) is 0 Å². The van der Waals surface area contributed by atoms with Crippen molar-refractivity contribution in [1.82, 2.24) is 20.2 Å². The minimum atomic E-state index is -0.281. The van der Waals surface area contributed by atoms with E-state index in [4.69, 9.17) is 14.2 Å². The Morgan fingerprint density at radius 1 is 1.00 bits per heavy atom. The van der Waals surface area contributed by atoms with Crippen molar-refractivity contribution in [2.24, 2.45) is 0 Å². The first-order valence-corrected chi connectivity index (χ1v) is 8.85. The van der Waals surface area contributed by atoms with E-state index in [-0.39, 0.29) is 12.5 Å². The Morgan fingerprint density at radius 3 is 2.43 bits per heavy atom. The monoisotopic (exact) mass is 383 g/mol. The number of hydrogen-bond donors (Lipinski definition) is 1. The fraction of sp³-hybridized carbons (Fsp3) is 0.263. The lowest BCUT2D eigenvalue weighted by Gasteiger charge is -2.13. The first-order chi connectivity index (χ1) is 13.7. The minimum absolute atomic E-state index is 0.124. The van der Waals surface area contributed by atoms with Crippen LogP contribution in [0.5, 0.6) is 17.2 Å². The average Bonchev–Trinajstić information content (AvgIpc) is 3.24. The second kappa shape index (κ2) is 9.36. The van der Waals surface area contributed by atoms with Crippen molar-refractivity contribution in [2.75, 3.05) is 25.1 Å². The predicted octanol–water partition coefficient (Wildman–Crippen LogP) is 2.48. The van der Waals surface area contributed by atoms with Crippen molar-refractivity contribution >= 4 is 11.6 Å². The Kier molecular flexibility index (Phi) is 6.40. The van der Waals surface area contributed by atoms with Gasteiger partial charge in [0.05, 0.1) is 18.9 Å². The molecule has 0 atom stereocenters. The SMILES string of the molecule is CCOc1ccc(NC(=O)COc2ccc(-n3cnnn3)cc2)cc1OCC. The standard InChI is InChI=1S/C19H21N5O4/c1-3-26-17-10-5-14(11-18(17)27-4-2)21-19(25)12-28-16-8-6-15(7-9-16)24-13-20-22-23-24/h5-11,13H,3-4,12H2,1-2H3,(H,21,25). The number of aromatic nitrogens is 4. The first kappa shape index (κ1) is 19.2. The summed E-state index contributed by atoms with van der Waals surface area (Å²) in [6.07, 6.45) is 1.50. The molecule has 0 spiro atoms. The molecule has 9 nitrogen and oxygen atoms in total. The van der Waals surface area contributed by atoms with E-state index >= 15 is 0 Å². The second-order valence-corrected chi connectivity index (χ2v) is 5.61. The zero-order valence-corrected chi connectivity index (χ0v) is 15.7. The summed E-state index contributed by atoms with van der Waals surface area (Å²) in [5.74, 6) is 1.51. The van der Waals surface area contributed by atoms with Gasteiger partial charge in [0.15, 0.2) is 18.1 Å². The number of tetrazole rings is 1. The molecule has 0 bridgehead atoms. The van der Waals surface area contributed by atoms with Gasteiger partial charge in [-0.3, -0.25) is 4.79 Å². The molecule has 0 aliphatic heterocycles. The highest BCUT2D eigenvalue weighted by Gasteiger charge is 2.09. The number of anilines is 1. The lowest BCUT2D eigenvalue weighted by Crippen LogP contribution is -2.20. The smallest absolute Gasteiger partial charge is 0.262 e. The molecule has 0 aliphatic carbocycles. The molecule has 3 aromatic rings. The lowest BCUT2D eigenvalue weighted by molar-refractivity contribution is -0.118. The summed E-state index contributed by atoms with van der Waals surface area (Å²) in [4.78, 5) is 12.2. The van der Waals surface area contributed by atoms with Gasteiger partial charge in [-0.1, -0.05) is 0 Å². The number of ether oxygens (including phenoxy) is 3. The number of benzene rings is 2. The highest BCUT2D eigenvalue weighted by atomic mass is 16.5. The van der Waals surface area contributed by atoms with Gasteiger partial charge in [0.25, 0.3) is 5.91 Å². The van der Waals surface area contributed by atoms with Crippen molar-refractivity contribution in [3.63, 3.8) is 0 Å². The van der Waals surface area contributed by atoms with Crippen molar-refractivity contribution < 1.29 is 19.0 Å². The van der Waals surface area contributed by atoms with Crippen molar-refractivity contribution in [2.45, 2.75) is 13.8 Å². The number of carbonyl (C=O) groups is 1. The van der Waals surface area contributed by atoms with Crippen molar-refractivity contribution in [1.29, 1.82) is 0 Å². The predicted molar refractivity (Wildman–Crippen MR) is 102 cm³/mol. The van der Waals surface area contributed by atoms with Crippen LogP contribution in [0.4, 0.5) is 5.69 Å². The maximum atomic E-state index is 12.2. The second-order valence-electron chi connectivity index (χ2n) is 5.61. The zero-order valence-electron chi connectivity index (χ0n) is 15.7. The van der Waals surface area contributed by atoms with Crippen LogP contribution < -0.4 is 19.5 Å². The lowest BCUT2D eigenvalue weighted by atomic mass is 10.2. The van der Waals surface area contributed by atoms with E-state index in [1.807, 2.05) is 13.8 Å². The zero-order chi connectivity index (χ0) is 19.8. The highest BCUT2D eigenvalue weighted by Crippen LogP contribution is 2.30. The summed E-state index contributed by atoms with van der Waals surface area (Å²) in [7, 11) is 0. The van der Waals surface area contributed by atoms with Crippen LogP contribution in [0.1, 0.15) is 13.8 Å². The molecule has 0 saturated carbocycles. The summed E-state index contributed by atoms with van der Waals surface area (Å²) in [5.41, 5.74) is 1.40. The Bertz CT molecular complexity index is 897. The first-order valence-electron chi connectivity index (χ1n) is 8.85.